The minimum absolute atomic E-state index is 0.0379. The van der Waals surface area contributed by atoms with Crippen LogP contribution >= 0.6 is 11.8 Å². The molecule has 1 saturated heterocycles. The number of aromatic nitrogens is 2. The Balaban J connectivity index is 1.60. The number of hydrogen-bond acceptors (Lipinski definition) is 7. The number of furan rings is 1. The largest absolute Gasteiger partial charge is 0.467 e. The van der Waals surface area contributed by atoms with Crippen LogP contribution in [0.1, 0.15) is 49.2 Å². The Morgan fingerprint density at radius 1 is 1.31 bits per heavy atom. The summed E-state index contributed by atoms with van der Waals surface area (Å²) >= 11 is 1.18. The monoisotopic (exact) mass is 498 g/mol. The molecule has 0 spiro atoms. The number of fused-ring (bicyclic) bond motifs is 1. The van der Waals surface area contributed by atoms with Gasteiger partial charge < -0.3 is 19.8 Å². The molecule has 3 heterocycles. The van der Waals surface area contributed by atoms with E-state index in [2.05, 4.69) is 15.6 Å². The summed E-state index contributed by atoms with van der Waals surface area (Å²) in [6.45, 7) is 5.29. The molecule has 1 aliphatic rings. The molecule has 2 atom stereocenters. The first kappa shape index (κ1) is 25.0. The first-order valence-electron chi connectivity index (χ1n) is 11.8. The first-order valence-corrected chi connectivity index (χ1v) is 12.8. The van der Waals surface area contributed by atoms with Gasteiger partial charge in [-0.3, -0.25) is 19.0 Å². The van der Waals surface area contributed by atoms with E-state index in [1.165, 1.54) is 16.3 Å². The van der Waals surface area contributed by atoms with Gasteiger partial charge in [0.25, 0.3) is 11.5 Å². The summed E-state index contributed by atoms with van der Waals surface area (Å²) in [5.74, 6) is 0.336. The number of carbonyl (C=O) groups excluding carboxylic acids is 2. The lowest BCUT2D eigenvalue weighted by Crippen LogP contribution is -2.33. The molecular weight excluding hydrogens is 468 g/mol. The highest BCUT2D eigenvalue weighted by Crippen LogP contribution is 2.20. The summed E-state index contributed by atoms with van der Waals surface area (Å²) in [6.07, 6.45) is 4.34. The Morgan fingerprint density at radius 3 is 2.89 bits per heavy atom. The second-order valence-electron chi connectivity index (χ2n) is 8.61. The fraction of sp³-hybridized carbons (Fsp3) is 0.440. The quantitative estimate of drug-likeness (QED) is 0.326. The predicted molar refractivity (Wildman–Crippen MR) is 134 cm³/mol. The van der Waals surface area contributed by atoms with Crippen LogP contribution in [0.3, 0.4) is 0 Å². The second kappa shape index (κ2) is 11.5. The van der Waals surface area contributed by atoms with Gasteiger partial charge in [0.2, 0.25) is 5.91 Å². The number of thioether (sulfide) groups is 1. The van der Waals surface area contributed by atoms with E-state index >= 15 is 0 Å². The maximum absolute atomic E-state index is 13.4. The summed E-state index contributed by atoms with van der Waals surface area (Å²) < 4.78 is 12.5. The molecule has 2 amide bonds. The number of amides is 2. The van der Waals surface area contributed by atoms with Crippen molar-refractivity contribution < 1.29 is 18.7 Å². The molecule has 2 unspecified atom stereocenters. The van der Waals surface area contributed by atoms with Crippen LogP contribution < -0.4 is 16.2 Å². The Labute approximate surface area is 207 Å². The molecule has 4 rings (SSSR count). The highest BCUT2D eigenvalue weighted by atomic mass is 32.2. The van der Waals surface area contributed by atoms with Crippen molar-refractivity contribution in [1.82, 2.24) is 20.2 Å². The summed E-state index contributed by atoms with van der Waals surface area (Å²) in [7, 11) is 0. The molecule has 0 aliphatic carbocycles. The molecule has 186 valence electrons. The van der Waals surface area contributed by atoms with Crippen LogP contribution in [-0.4, -0.2) is 52.4 Å². The van der Waals surface area contributed by atoms with E-state index < -0.39 is 0 Å². The van der Waals surface area contributed by atoms with E-state index in [0.29, 0.717) is 33.9 Å². The van der Waals surface area contributed by atoms with Gasteiger partial charge in [-0.2, -0.15) is 0 Å². The fourth-order valence-electron chi connectivity index (χ4n) is 3.81. The molecule has 10 heteroatoms. The Bertz CT molecular complexity index is 1230. The lowest BCUT2D eigenvalue weighted by atomic mass is 10.1. The topological polar surface area (TPSA) is 115 Å². The Kier molecular flexibility index (Phi) is 8.25. The summed E-state index contributed by atoms with van der Waals surface area (Å²) in [5, 5.41) is 6.59. The third kappa shape index (κ3) is 6.32. The van der Waals surface area contributed by atoms with Crippen molar-refractivity contribution in [3.8, 4) is 0 Å². The van der Waals surface area contributed by atoms with Crippen molar-refractivity contribution in [3.63, 3.8) is 0 Å². The highest BCUT2D eigenvalue weighted by molar-refractivity contribution is 7.99. The van der Waals surface area contributed by atoms with Gasteiger partial charge in [-0.25, -0.2) is 4.98 Å². The number of ether oxygens (including phenoxy) is 1. The summed E-state index contributed by atoms with van der Waals surface area (Å²) in [6, 6.07) is 8.45. The van der Waals surface area contributed by atoms with Gasteiger partial charge in [-0.05, 0) is 56.5 Å². The van der Waals surface area contributed by atoms with E-state index in [-0.39, 0.29) is 41.8 Å². The number of rotatable bonds is 10. The average Bonchev–Trinajstić information content (AvgIpc) is 3.57. The molecule has 9 nitrogen and oxygen atoms in total. The van der Waals surface area contributed by atoms with E-state index in [0.717, 1.165) is 25.9 Å². The predicted octanol–water partition coefficient (Wildman–Crippen LogP) is 2.95. The maximum atomic E-state index is 13.4. The SMILES string of the molecule is CCC(C)NC(=O)CSc1nc2cc(C(=O)NCC3CCCO3)ccc2c(=O)n1Cc1ccco1. The molecule has 0 saturated carbocycles. The van der Waals surface area contributed by atoms with Crippen molar-refractivity contribution in [2.24, 2.45) is 0 Å². The van der Waals surface area contributed by atoms with Gasteiger partial charge in [0.15, 0.2) is 5.16 Å². The van der Waals surface area contributed by atoms with Crippen LogP contribution in [0.5, 0.6) is 0 Å². The fourth-order valence-corrected chi connectivity index (χ4v) is 4.62. The second-order valence-corrected chi connectivity index (χ2v) is 9.55. The van der Waals surface area contributed by atoms with E-state index in [4.69, 9.17) is 9.15 Å². The van der Waals surface area contributed by atoms with Crippen molar-refractivity contribution in [1.29, 1.82) is 0 Å². The number of carbonyl (C=O) groups is 2. The van der Waals surface area contributed by atoms with Crippen LogP contribution in [0.2, 0.25) is 0 Å². The zero-order valence-corrected chi connectivity index (χ0v) is 20.7. The molecular formula is C25H30N4O5S. The van der Waals surface area contributed by atoms with Crippen molar-refractivity contribution in [2.45, 2.75) is 57.0 Å². The van der Waals surface area contributed by atoms with Crippen LogP contribution in [0.15, 0.2) is 51.0 Å². The smallest absolute Gasteiger partial charge is 0.262 e. The van der Waals surface area contributed by atoms with Gasteiger partial charge in [-0.15, -0.1) is 0 Å². The Hall–Kier alpha value is -3.11. The summed E-state index contributed by atoms with van der Waals surface area (Å²) in [4.78, 5) is 43.1. The average molecular weight is 499 g/mol. The number of nitrogens with one attached hydrogen (secondary N) is 2. The normalized spacial score (nSPS) is 16.3. The molecule has 2 aromatic heterocycles. The molecule has 35 heavy (non-hydrogen) atoms. The minimum atomic E-state index is -0.262. The third-order valence-electron chi connectivity index (χ3n) is 5.94. The van der Waals surface area contributed by atoms with Crippen LogP contribution in [0.4, 0.5) is 0 Å². The van der Waals surface area contributed by atoms with E-state index in [9.17, 15) is 14.4 Å². The molecule has 2 N–H and O–H groups in total. The molecule has 1 fully saturated rings. The van der Waals surface area contributed by atoms with Gasteiger partial charge in [0.05, 0.1) is 35.6 Å². The lowest BCUT2D eigenvalue weighted by Gasteiger charge is -2.14. The van der Waals surface area contributed by atoms with Crippen molar-refractivity contribution in [3.05, 3.63) is 58.3 Å². The molecule has 0 radical (unpaired) electrons. The van der Waals surface area contributed by atoms with Crippen molar-refractivity contribution >= 4 is 34.5 Å². The standard InChI is InChI=1S/C25H30N4O5S/c1-3-16(2)27-22(30)15-35-25-28-21-12-17(23(31)26-13-18-6-4-10-33-18)8-9-20(21)24(32)29(25)14-19-7-5-11-34-19/h5,7-9,11-12,16,18H,3-4,6,10,13-15H2,1-2H3,(H,26,31)(H,27,30). The molecule has 1 aromatic carbocycles. The molecule has 3 aromatic rings. The van der Waals surface area contributed by atoms with Crippen molar-refractivity contribution in [2.75, 3.05) is 18.9 Å². The third-order valence-corrected chi connectivity index (χ3v) is 6.92. The number of hydrogen-bond donors (Lipinski definition) is 2. The summed E-state index contributed by atoms with van der Waals surface area (Å²) in [5.41, 5.74) is 0.555. The lowest BCUT2D eigenvalue weighted by molar-refractivity contribution is -0.119. The maximum Gasteiger partial charge on any atom is 0.262 e. The minimum Gasteiger partial charge on any atom is -0.467 e. The zero-order chi connectivity index (χ0) is 24.8. The van der Waals surface area contributed by atoms with E-state index in [1.807, 2.05) is 13.8 Å². The van der Waals surface area contributed by atoms with Crippen LogP contribution in [-0.2, 0) is 16.1 Å². The highest BCUT2D eigenvalue weighted by Gasteiger charge is 2.19. The van der Waals surface area contributed by atoms with E-state index in [1.54, 1.807) is 36.6 Å². The van der Waals surface area contributed by atoms with Crippen LogP contribution in [0.25, 0.3) is 10.9 Å². The number of benzene rings is 1. The zero-order valence-electron chi connectivity index (χ0n) is 19.9. The van der Waals surface area contributed by atoms with Crippen LogP contribution in [0, 0.1) is 0 Å². The molecule has 0 bridgehead atoms. The van der Waals surface area contributed by atoms with Gasteiger partial charge in [-0.1, -0.05) is 18.7 Å². The first-order chi connectivity index (χ1) is 16.9. The number of nitrogens with zero attached hydrogens (tertiary/aromatic N) is 2. The Morgan fingerprint density at radius 2 is 2.17 bits per heavy atom. The molecule has 1 aliphatic heterocycles. The van der Waals surface area contributed by atoms with Gasteiger partial charge >= 0.3 is 0 Å². The van der Waals surface area contributed by atoms with Gasteiger partial charge in [0, 0.05) is 24.8 Å². The van der Waals surface area contributed by atoms with Gasteiger partial charge in [0.1, 0.15) is 5.76 Å².